The molecule has 0 spiro atoms. The molecular weight excluding hydrogens is 508 g/mol. The Bertz CT molecular complexity index is 1170. The number of nitrogens with zero attached hydrogens (tertiary/aromatic N) is 2. The number of alkyl carbamates (subject to hydrolysis) is 1. The molecule has 2 fully saturated rings. The van der Waals surface area contributed by atoms with Crippen molar-refractivity contribution in [2.75, 3.05) is 6.61 Å². The van der Waals surface area contributed by atoms with Gasteiger partial charge in [-0.15, -0.1) is 0 Å². The second kappa shape index (κ2) is 10.6. The first kappa shape index (κ1) is 30.1. The number of hydrogen-bond donors (Lipinski definition) is 4. The Hall–Kier alpha value is -3.47. The number of aliphatic imine (C=N–C) groups is 1. The van der Waals surface area contributed by atoms with Crippen LogP contribution in [0.2, 0.25) is 0 Å². The number of ether oxygens (including phenoxy) is 5. The maximum absolute atomic E-state index is 13.2. The molecule has 3 heterocycles. The molecule has 2 aliphatic rings. The van der Waals surface area contributed by atoms with E-state index in [1.165, 1.54) is 0 Å². The van der Waals surface area contributed by atoms with Crippen LogP contribution in [-0.4, -0.2) is 71.6 Å². The summed E-state index contributed by atoms with van der Waals surface area (Å²) >= 11 is 0. The second-order valence-corrected chi connectivity index (χ2v) is 12.0. The van der Waals surface area contributed by atoms with Crippen molar-refractivity contribution in [2.24, 2.45) is 16.1 Å². The number of aromatic nitrogens is 1. The summed E-state index contributed by atoms with van der Waals surface area (Å²) in [6.07, 6.45) is -2.43. The van der Waals surface area contributed by atoms with E-state index in [-0.39, 0.29) is 12.4 Å². The molecule has 1 amide bonds. The zero-order valence-electron chi connectivity index (χ0n) is 23.6. The van der Waals surface area contributed by atoms with Gasteiger partial charge in [0, 0.05) is 0 Å². The number of carbonyl (C=O) groups excluding carboxylic acids is 2. The standard InChI is InChI=1S/C26H38N6O7/c1-23(2,3)18(32-22(34)39-24(4,5)6)21(33)35-11-15-17-19(38-25(7,8)37-17)26(12-27,36-15)16-10-9-14(31-16)20(29)30-13-28/h9-10,13,15,17-19,31H,11H2,1-8H3,(H,32,34)(H3,28,29,30)/t15-,17-,18-,19-,26+/m1/s1. The quantitative estimate of drug-likeness (QED) is 0.226. The van der Waals surface area contributed by atoms with E-state index in [4.69, 9.17) is 34.8 Å². The summed E-state index contributed by atoms with van der Waals surface area (Å²) in [7, 11) is 0. The van der Waals surface area contributed by atoms with Crippen LogP contribution < -0.4 is 11.1 Å². The zero-order valence-corrected chi connectivity index (χ0v) is 23.6. The third kappa shape index (κ3) is 6.58. The summed E-state index contributed by atoms with van der Waals surface area (Å²) in [5.74, 6) is -1.68. The lowest BCUT2D eigenvalue weighted by molar-refractivity contribution is -0.207. The normalized spacial score (nSPS) is 27.3. The van der Waals surface area contributed by atoms with Gasteiger partial charge in [0.15, 0.2) is 5.79 Å². The highest BCUT2D eigenvalue weighted by Gasteiger charge is 2.65. The molecule has 1 aromatic heterocycles. The molecule has 0 unspecified atom stereocenters. The van der Waals surface area contributed by atoms with Crippen LogP contribution in [0.5, 0.6) is 0 Å². The van der Waals surface area contributed by atoms with E-state index in [1.807, 2.05) is 0 Å². The Morgan fingerprint density at radius 3 is 2.49 bits per heavy atom. The highest BCUT2D eigenvalue weighted by atomic mass is 16.8. The summed E-state index contributed by atoms with van der Waals surface area (Å²) in [4.78, 5) is 32.3. The maximum atomic E-state index is 13.2. The first-order valence-electron chi connectivity index (χ1n) is 12.6. The van der Waals surface area contributed by atoms with Crippen molar-refractivity contribution in [3.8, 4) is 6.07 Å². The van der Waals surface area contributed by atoms with Crippen LogP contribution in [0.15, 0.2) is 17.1 Å². The lowest BCUT2D eigenvalue weighted by Gasteiger charge is -2.31. The molecule has 0 aromatic carbocycles. The molecule has 39 heavy (non-hydrogen) atoms. The Kier molecular flexibility index (Phi) is 8.17. The van der Waals surface area contributed by atoms with E-state index in [0.29, 0.717) is 11.4 Å². The molecule has 214 valence electrons. The van der Waals surface area contributed by atoms with Gasteiger partial charge in [-0.25, -0.2) is 14.6 Å². The summed E-state index contributed by atoms with van der Waals surface area (Å²) in [5.41, 5.74) is 3.52. The molecule has 2 saturated heterocycles. The number of hydrogen-bond acceptors (Lipinski definition) is 9. The predicted molar refractivity (Wildman–Crippen MR) is 140 cm³/mol. The average molecular weight is 547 g/mol. The van der Waals surface area contributed by atoms with Crippen LogP contribution in [0.3, 0.4) is 0 Å². The molecule has 5 N–H and O–H groups in total. The topological polar surface area (TPSA) is 194 Å². The van der Waals surface area contributed by atoms with Gasteiger partial charge in [-0.2, -0.15) is 5.26 Å². The Balaban J connectivity index is 1.83. The monoisotopic (exact) mass is 546 g/mol. The van der Waals surface area contributed by atoms with Gasteiger partial charge in [-0.3, -0.25) is 5.41 Å². The number of nitrogens with two attached hydrogens (primary N) is 1. The maximum Gasteiger partial charge on any atom is 0.408 e. The number of rotatable bonds is 7. The molecule has 13 heteroatoms. The highest BCUT2D eigenvalue weighted by molar-refractivity contribution is 5.99. The van der Waals surface area contributed by atoms with Crippen LogP contribution in [0.4, 0.5) is 4.79 Å². The minimum atomic E-state index is -1.64. The molecule has 0 aliphatic carbocycles. The molecule has 1 aromatic rings. The first-order chi connectivity index (χ1) is 17.9. The van der Waals surface area contributed by atoms with Crippen LogP contribution in [-0.2, 0) is 34.1 Å². The number of amidine groups is 1. The number of nitrogens with one attached hydrogen (secondary N) is 3. The van der Waals surface area contributed by atoms with E-state index >= 15 is 0 Å². The Morgan fingerprint density at radius 1 is 1.26 bits per heavy atom. The van der Waals surface area contributed by atoms with Crippen molar-refractivity contribution in [1.82, 2.24) is 10.3 Å². The number of esters is 1. The lowest BCUT2D eigenvalue weighted by atomic mass is 9.87. The van der Waals surface area contributed by atoms with Crippen LogP contribution in [0.1, 0.15) is 66.8 Å². The molecular formula is C26H38N6O7. The minimum absolute atomic E-state index is 0.0546. The van der Waals surface area contributed by atoms with Crippen LogP contribution in [0.25, 0.3) is 0 Å². The number of nitriles is 1. The molecule has 0 bridgehead atoms. The predicted octanol–water partition coefficient (Wildman–Crippen LogP) is 2.45. The Morgan fingerprint density at radius 2 is 1.92 bits per heavy atom. The smallest absolute Gasteiger partial charge is 0.408 e. The van der Waals surface area contributed by atoms with Crippen LogP contribution in [0, 0.1) is 22.2 Å². The van der Waals surface area contributed by atoms with E-state index in [9.17, 15) is 14.9 Å². The molecule has 0 radical (unpaired) electrons. The van der Waals surface area contributed by atoms with Crippen molar-refractivity contribution in [3.63, 3.8) is 0 Å². The number of fused-ring (bicyclic) bond motifs is 1. The largest absolute Gasteiger partial charge is 0.461 e. The SMILES string of the molecule is CC(C)(C)OC(=O)N[C@H](C(=O)OC[C@H]1O[C@@](C#N)(c2ccc(C(N)=NC=N)[nH]2)[C@@H]2OC(C)(C)O[C@@H]21)C(C)(C)C. The first-order valence-corrected chi connectivity index (χ1v) is 12.6. The van der Waals surface area contributed by atoms with E-state index in [1.54, 1.807) is 67.5 Å². The minimum Gasteiger partial charge on any atom is -0.461 e. The van der Waals surface area contributed by atoms with Gasteiger partial charge in [-0.05, 0) is 52.2 Å². The molecule has 0 saturated carbocycles. The van der Waals surface area contributed by atoms with Gasteiger partial charge in [-0.1, -0.05) is 20.8 Å². The van der Waals surface area contributed by atoms with Crippen LogP contribution >= 0.6 is 0 Å². The summed E-state index contributed by atoms with van der Waals surface area (Å²) in [5, 5.41) is 20.1. The van der Waals surface area contributed by atoms with Gasteiger partial charge in [0.2, 0.25) is 5.60 Å². The van der Waals surface area contributed by atoms with E-state index < -0.39 is 58.8 Å². The highest BCUT2D eigenvalue weighted by Crippen LogP contribution is 2.48. The molecule has 3 rings (SSSR count). The third-order valence-electron chi connectivity index (χ3n) is 6.12. The van der Waals surface area contributed by atoms with E-state index in [2.05, 4.69) is 21.4 Å². The van der Waals surface area contributed by atoms with Crippen molar-refractivity contribution < 1.29 is 33.3 Å². The third-order valence-corrected chi connectivity index (χ3v) is 6.12. The molecule has 2 aliphatic heterocycles. The van der Waals surface area contributed by atoms with Crippen molar-refractivity contribution in [1.29, 1.82) is 10.7 Å². The number of aromatic amines is 1. The molecule has 5 atom stereocenters. The number of carbonyl (C=O) groups is 2. The summed E-state index contributed by atoms with van der Waals surface area (Å²) in [6.45, 7) is 13.7. The van der Waals surface area contributed by atoms with Gasteiger partial charge >= 0.3 is 12.1 Å². The number of H-pyrrole nitrogens is 1. The lowest BCUT2D eigenvalue weighted by Crippen LogP contribution is -2.51. The van der Waals surface area contributed by atoms with Gasteiger partial charge in [0.05, 0.1) is 11.4 Å². The van der Waals surface area contributed by atoms with Crippen molar-refractivity contribution in [2.45, 2.75) is 96.7 Å². The van der Waals surface area contributed by atoms with Gasteiger partial charge in [0.25, 0.3) is 0 Å². The summed E-state index contributed by atoms with van der Waals surface area (Å²) in [6, 6.07) is 4.41. The molecule has 13 nitrogen and oxygen atoms in total. The fraction of sp³-hybridized carbons (Fsp3) is 0.654. The number of amides is 1. The van der Waals surface area contributed by atoms with Gasteiger partial charge < -0.3 is 39.7 Å². The van der Waals surface area contributed by atoms with Crippen molar-refractivity contribution in [3.05, 3.63) is 23.5 Å². The van der Waals surface area contributed by atoms with Crippen molar-refractivity contribution >= 4 is 24.2 Å². The fourth-order valence-corrected chi connectivity index (χ4v) is 4.45. The van der Waals surface area contributed by atoms with Gasteiger partial charge in [0.1, 0.15) is 54.8 Å². The second-order valence-electron chi connectivity index (χ2n) is 12.0. The summed E-state index contributed by atoms with van der Waals surface area (Å²) < 4.78 is 29.3. The Labute approximate surface area is 227 Å². The van der Waals surface area contributed by atoms with E-state index in [0.717, 1.165) is 6.34 Å². The zero-order chi connectivity index (χ0) is 29.4. The average Bonchev–Trinajstić information content (AvgIpc) is 3.47. The fourth-order valence-electron chi connectivity index (χ4n) is 4.45.